The predicted molar refractivity (Wildman–Crippen MR) is 109 cm³/mol. The van der Waals surface area contributed by atoms with Gasteiger partial charge in [0.05, 0.1) is 6.61 Å². The van der Waals surface area contributed by atoms with Crippen LogP contribution in [0.2, 0.25) is 0 Å². The van der Waals surface area contributed by atoms with Crippen LogP contribution >= 0.6 is 0 Å². The molecule has 0 amide bonds. The molecule has 0 saturated carbocycles. The van der Waals surface area contributed by atoms with Gasteiger partial charge in [0, 0.05) is 18.2 Å². The van der Waals surface area contributed by atoms with Crippen LogP contribution in [0.15, 0.2) is 15.8 Å². The fourth-order valence-electron chi connectivity index (χ4n) is 3.29. The van der Waals surface area contributed by atoms with Crippen molar-refractivity contribution in [1.29, 1.82) is 0 Å². The monoisotopic (exact) mass is 410 g/mol. The molecule has 0 unspecified atom stereocenters. The molecule has 1 N–H and O–H groups in total. The molecule has 1 fully saturated rings. The van der Waals surface area contributed by atoms with Gasteiger partial charge in [0.25, 0.3) is 5.56 Å². The first kappa shape index (κ1) is 23.3. The molecule has 0 spiro atoms. The molecule has 2 heterocycles. The van der Waals surface area contributed by atoms with Gasteiger partial charge in [-0.1, -0.05) is 58.3 Å². The Labute approximate surface area is 171 Å². The van der Waals surface area contributed by atoms with Crippen LogP contribution in [0.5, 0.6) is 0 Å². The normalized spacial score (nSPS) is 18.8. The molecular weight excluding hydrogens is 376 g/mol. The molecular formula is C21H34N2O6. The van der Waals surface area contributed by atoms with E-state index in [0.29, 0.717) is 12.0 Å². The first-order valence-electron chi connectivity index (χ1n) is 10.8. The number of nitrogens with zero attached hydrogens (tertiary/aromatic N) is 1. The number of unbranched alkanes of at least 4 members (excludes halogenated alkanes) is 8. The molecule has 8 heteroatoms. The summed E-state index contributed by atoms with van der Waals surface area (Å²) in [5.74, 6) is -0.263. The Balaban J connectivity index is 1.58. The van der Waals surface area contributed by atoms with E-state index in [2.05, 4.69) is 11.9 Å². The number of nitrogens with one attached hydrogen (secondary N) is 1. The zero-order valence-electron chi connectivity index (χ0n) is 17.6. The van der Waals surface area contributed by atoms with Crippen LogP contribution in [0, 0.1) is 6.92 Å². The average Bonchev–Trinajstić information content (AvgIpc) is 3.16. The van der Waals surface area contributed by atoms with E-state index in [0.717, 1.165) is 19.3 Å². The van der Waals surface area contributed by atoms with E-state index in [1.807, 2.05) is 0 Å². The van der Waals surface area contributed by atoms with Gasteiger partial charge in [0.15, 0.2) is 12.5 Å². The van der Waals surface area contributed by atoms with Gasteiger partial charge in [0.1, 0.15) is 6.61 Å². The number of hydrogen-bond acceptors (Lipinski definition) is 6. The smallest absolute Gasteiger partial charge is 0.330 e. The highest BCUT2D eigenvalue weighted by atomic mass is 16.7. The van der Waals surface area contributed by atoms with E-state index < -0.39 is 23.8 Å². The van der Waals surface area contributed by atoms with Crippen molar-refractivity contribution in [2.24, 2.45) is 0 Å². The van der Waals surface area contributed by atoms with E-state index >= 15 is 0 Å². The molecule has 0 aromatic carbocycles. The number of aromatic amines is 1. The van der Waals surface area contributed by atoms with Crippen LogP contribution in [0.1, 0.15) is 82.9 Å². The number of ether oxygens (including phenoxy) is 3. The van der Waals surface area contributed by atoms with Crippen molar-refractivity contribution in [2.75, 3.05) is 13.2 Å². The lowest BCUT2D eigenvalue weighted by molar-refractivity contribution is -0.159. The van der Waals surface area contributed by atoms with E-state index in [-0.39, 0.29) is 19.2 Å². The Morgan fingerprint density at radius 3 is 2.48 bits per heavy atom. The Bertz CT molecular complexity index is 741. The number of rotatable bonds is 13. The van der Waals surface area contributed by atoms with Crippen molar-refractivity contribution in [1.82, 2.24) is 9.55 Å². The van der Waals surface area contributed by atoms with Crippen molar-refractivity contribution in [3.05, 3.63) is 32.6 Å². The van der Waals surface area contributed by atoms with Gasteiger partial charge in [-0.3, -0.25) is 19.1 Å². The molecule has 1 aromatic heterocycles. The maximum absolute atomic E-state index is 11.9. The zero-order valence-corrected chi connectivity index (χ0v) is 17.6. The van der Waals surface area contributed by atoms with Crippen molar-refractivity contribution >= 4 is 5.97 Å². The molecule has 8 nitrogen and oxygen atoms in total. The average molecular weight is 411 g/mol. The minimum Gasteiger partial charge on any atom is -0.460 e. The fraction of sp³-hybridized carbons (Fsp3) is 0.762. The van der Waals surface area contributed by atoms with E-state index in [1.54, 1.807) is 6.92 Å². The largest absolute Gasteiger partial charge is 0.460 e. The zero-order chi connectivity index (χ0) is 21.1. The predicted octanol–water partition coefficient (Wildman–Crippen LogP) is 3.18. The van der Waals surface area contributed by atoms with Crippen molar-refractivity contribution in [3.8, 4) is 0 Å². The Morgan fingerprint density at radius 2 is 1.79 bits per heavy atom. The highest BCUT2D eigenvalue weighted by Crippen LogP contribution is 2.20. The van der Waals surface area contributed by atoms with E-state index in [9.17, 15) is 14.4 Å². The molecule has 1 saturated heterocycles. The van der Waals surface area contributed by atoms with Crippen LogP contribution in [0.4, 0.5) is 0 Å². The molecule has 0 radical (unpaired) electrons. The second-order valence-electron chi connectivity index (χ2n) is 7.59. The highest BCUT2D eigenvalue weighted by molar-refractivity contribution is 5.69. The number of carbonyl (C=O) groups is 1. The van der Waals surface area contributed by atoms with Gasteiger partial charge in [-0.2, -0.15) is 0 Å². The molecule has 164 valence electrons. The Kier molecular flexibility index (Phi) is 10.1. The van der Waals surface area contributed by atoms with Gasteiger partial charge >= 0.3 is 11.7 Å². The molecule has 0 bridgehead atoms. The lowest BCUT2D eigenvalue weighted by Crippen LogP contribution is -2.34. The van der Waals surface area contributed by atoms with Crippen molar-refractivity contribution in [3.63, 3.8) is 0 Å². The van der Waals surface area contributed by atoms with Gasteiger partial charge in [-0.15, -0.1) is 0 Å². The third-order valence-corrected chi connectivity index (χ3v) is 5.05. The molecule has 2 rings (SSSR count). The maximum Gasteiger partial charge on any atom is 0.330 e. The minimum absolute atomic E-state index is 0.0101. The van der Waals surface area contributed by atoms with Gasteiger partial charge in [-0.25, -0.2) is 4.79 Å². The van der Waals surface area contributed by atoms with Crippen molar-refractivity contribution < 1.29 is 19.0 Å². The van der Waals surface area contributed by atoms with Crippen molar-refractivity contribution in [2.45, 2.75) is 90.6 Å². The summed E-state index contributed by atoms with van der Waals surface area (Å²) in [5, 5.41) is 0. The fourth-order valence-corrected chi connectivity index (χ4v) is 3.29. The first-order chi connectivity index (χ1) is 14.0. The summed E-state index contributed by atoms with van der Waals surface area (Å²) in [6.45, 7) is 3.96. The van der Waals surface area contributed by atoms with E-state index in [4.69, 9.17) is 14.2 Å². The van der Waals surface area contributed by atoms with Crippen LogP contribution < -0.4 is 11.2 Å². The highest BCUT2D eigenvalue weighted by Gasteiger charge is 2.29. The van der Waals surface area contributed by atoms with E-state index in [1.165, 1.54) is 49.3 Å². The van der Waals surface area contributed by atoms with Gasteiger partial charge < -0.3 is 14.2 Å². The van der Waals surface area contributed by atoms with Gasteiger partial charge in [0.2, 0.25) is 0 Å². The number of aryl methyl sites for hydroxylation is 1. The molecule has 0 aliphatic carbocycles. The number of hydrogen-bond donors (Lipinski definition) is 1. The number of esters is 1. The summed E-state index contributed by atoms with van der Waals surface area (Å²) in [4.78, 5) is 37.4. The SMILES string of the molecule is CCCCCCCCCCCC(=O)OC[C@@H]1OC[C@H](n2cc(C)c(=O)[nH]c2=O)O1. The molecule has 29 heavy (non-hydrogen) atoms. The summed E-state index contributed by atoms with van der Waals surface area (Å²) in [6, 6.07) is 0. The minimum atomic E-state index is -0.716. The molecule has 1 aliphatic rings. The Morgan fingerprint density at radius 1 is 1.14 bits per heavy atom. The topological polar surface area (TPSA) is 99.6 Å². The first-order valence-corrected chi connectivity index (χ1v) is 10.8. The second kappa shape index (κ2) is 12.6. The molecule has 1 aromatic rings. The number of carbonyl (C=O) groups excluding carboxylic acids is 1. The number of H-pyrrole nitrogens is 1. The van der Waals surface area contributed by atoms with Crippen LogP contribution in [0.3, 0.4) is 0 Å². The lowest BCUT2D eigenvalue weighted by Gasteiger charge is -2.14. The summed E-state index contributed by atoms with van der Waals surface area (Å²) in [6.07, 6.45) is 11.2. The maximum atomic E-state index is 11.9. The molecule has 1 aliphatic heterocycles. The number of aromatic nitrogens is 2. The third kappa shape index (κ3) is 8.14. The quantitative estimate of drug-likeness (QED) is 0.396. The summed E-state index contributed by atoms with van der Waals surface area (Å²) >= 11 is 0. The summed E-state index contributed by atoms with van der Waals surface area (Å²) < 4.78 is 17.6. The van der Waals surface area contributed by atoms with Gasteiger partial charge in [-0.05, 0) is 13.3 Å². The third-order valence-electron chi connectivity index (χ3n) is 5.05. The summed E-state index contributed by atoms with van der Waals surface area (Å²) in [5.41, 5.74) is -0.576. The standard InChI is InChI=1S/C21H34N2O6/c1-3-4-5-6-7-8-9-10-11-12-18(24)27-15-19-28-14-17(29-19)23-13-16(2)20(25)22-21(23)26/h13,17,19H,3-12,14-15H2,1-2H3,(H,22,25,26)/t17-,19-/m1/s1. The molecule has 2 atom stereocenters. The van der Waals surface area contributed by atoms with Crippen LogP contribution in [-0.2, 0) is 19.0 Å². The Hall–Kier alpha value is -1.93. The second-order valence-corrected chi connectivity index (χ2v) is 7.59. The lowest BCUT2D eigenvalue weighted by atomic mass is 10.1. The summed E-state index contributed by atoms with van der Waals surface area (Å²) in [7, 11) is 0. The van der Waals surface area contributed by atoms with Crippen LogP contribution in [-0.4, -0.2) is 35.0 Å². The van der Waals surface area contributed by atoms with Crippen LogP contribution in [0.25, 0.3) is 0 Å².